The molecule has 0 radical (unpaired) electrons. The SMILES string of the molecule is CCN(C1CCCCC1)C1(CN)CCCCC1OC. The average Bonchev–Trinajstić information content (AvgIpc) is 2.49. The van der Waals surface area contributed by atoms with Crippen molar-refractivity contribution in [2.75, 3.05) is 20.2 Å². The molecule has 112 valence electrons. The highest BCUT2D eigenvalue weighted by Crippen LogP contribution is 2.38. The van der Waals surface area contributed by atoms with Crippen molar-refractivity contribution in [1.29, 1.82) is 0 Å². The van der Waals surface area contributed by atoms with Gasteiger partial charge in [-0.15, -0.1) is 0 Å². The topological polar surface area (TPSA) is 38.5 Å². The van der Waals surface area contributed by atoms with Gasteiger partial charge in [0.2, 0.25) is 0 Å². The summed E-state index contributed by atoms with van der Waals surface area (Å²) in [6, 6.07) is 0.734. The second-order valence-electron chi connectivity index (χ2n) is 6.36. The number of rotatable bonds is 5. The predicted molar refractivity (Wildman–Crippen MR) is 80.3 cm³/mol. The maximum absolute atomic E-state index is 6.27. The van der Waals surface area contributed by atoms with Crippen LogP contribution in [0.15, 0.2) is 0 Å². The highest BCUT2D eigenvalue weighted by molar-refractivity contribution is 5.03. The zero-order valence-electron chi connectivity index (χ0n) is 12.9. The van der Waals surface area contributed by atoms with Crippen molar-refractivity contribution in [2.45, 2.75) is 82.4 Å². The summed E-state index contributed by atoms with van der Waals surface area (Å²) in [5, 5.41) is 0. The van der Waals surface area contributed by atoms with Crippen molar-refractivity contribution in [3.63, 3.8) is 0 Å². The third-order valence-electron chi connectivity index (χ3n) is 5.49. The summed E-state index contributed by atoms with van der Waals surface area (Å²) in [4.78, 5) is 2.72. The van der Waals surface area contributed by atoms with Gasteiger partial charge < -0.3 is 10.5 Å². The lowest BCUT2D eigenvalue weighted by atomic mass is 9.75. The van der Waals surface area contributed by atoms with E-state index in [0.717, 1.165) is 19.1 Å². The minimum Gasteiger partial charge on any atom is -0.379 e. The first-order chi connectivity index (χ1) is 9.28. The van der Waals surface area contributed by atoms with E-state index in [0.29, 0.717) is 6.10 Å². The second-order valence-corrected chi connectivity index (χ2v) is 6.36. The van der Waals surface area contributed by atoms with Crippen LogP contribution in [0.2, 0.25) is 0 Å². The molecule has 0 bridgehead atoms. The molecule has 2 N–H and O–H groups in total. The molecule has 2 fully saturated rings. The minimum atomic E-state index is 0.101. The Labute approximate surface area is 118 Å². The van der Waals surface area contributed by atoms with Crippen LogP contribution in [-0.2, 0) is 4.74 Å². The average molecular weight is 268 g/mol. The van der Waals surface area contributed by atoms with Crippen molar-refractivity contribution >= 4 is 0 Å². The molecule has 2 saturated carbocycles. The van der Waals surface area contributed by atoms with Gasteiger partial charge >= 0.3 is 0 Å². The molecule has 3 heteroatoms. The van der Waals surface area contributed by atoms with Crippen LogP contribution < -0.4 is 5.73 Å². The summed E-state index contributed by atoms with van der Waals surface area (Å²) in [5.41, 5.74) is 6.37. The van der Waals surface area contributed by atoms with Crippen LogP contribution in [0, 0.1) is 0 Å². The number of hydrogen-bond donors (Lipinski definition) is 1. The number of likely N-dealkylation sites (N-methyl/N-ethyl adjacent to an activating group) is 1. The summed E-state index contributed by atoms with van der Waals surface area (Å²) in [5.74, 6) is 0. The molecule has 3 nitrogen and oxygen atoms in total. The van der Waals surface area contributed by atoms with E-state index in [2.05, 4.69) is 11.8 Å². The third kappa shape index (κ3) is 2.98. The van der Waals surface area contributed by atoms with Gasteiger partial charge in [-0.1, -0.05) is 39.0 Å². The summed E-state index contributed by atoms with van der Waals surface area (Å²) in [6.07, 6.45) is 12.2. The molecule has 2 rings (SSSR count). The molecule has 0 aliphatic heterocycles. The molecule has 0 aromatic heterocycles. The van der Waals surface area contributed by atoms with Crippen LogP contribution >= 0.6 is 0 Å². The number of nitrogens with two attached hydrogens (primary N) is 1. The van der Waals surface area contributed by atoms with Gasteiger partial charge in [-0.25, -0.2) is 0 Å². The van der Waals surface area contributed by atoms with Gasteiger partial charge in [-0.3, -0.25) is 4.90 Å². The lowest BCUT2D eigenvalue weighted by Crippen LogP contribution is -2.65. The Morgan fingerprint density at radius 2 is 1.79 bits per heavy atom. The van der Waals surface area contributed by atoms with E-state index in [1.165, 1.54) is 57.8 Å². The first-order valence-electron chi connectivity index (χ1n) is 8.28. The molecule has 0 aromatic carbocycles. The maximum Gasteiger partial charge on any atom is 0.0767 e. The van der Waals surface area contributed by atoms with Gasteiger partial charge in [-0.2, -0.15) is 0 Å². The molecule has 0 amide bonds. The van der Waals surface area contributed by atoms with E-state index >= 15 is 0 Å². The Hall–Kier alpha value is -0.120. The van der Waals surface area contributed by atoms with Crippen molar-refractivity contribution in [2.24, 2.45) is 5.73 Å². The highest BCUT2D eigenvalue weighted by atomic mass is 16.5. The maximum atomic E-state index is 6.27. The summed E-state index contributed by atoms with van der Waals surface area (Å²) in [6.45, 7) is 4.16. The molecule has 0 aromatic rings. The largest absolute Gasteiger partial charge is 0.379 e. The molecule has 2 unspecified atom stereocenters. The normalized spacial score (nSPS) is 33.8. The summed E-state index contributed by atoms with van der Waals surface area (Å²) in [7, 11) is 1.87. The van der Waals surface area contributed by atoms with Crippen LogP contribution in [0.5, 0.6) is 0 Å². The Kier molecular flexibility index (Phi) is 5.67. The molecule has 2 atom stereocenters. The Morgan fingerprint density at radius 1 is 1.11 bits per heavy atom. The Balaban J connectivity index is 2.19. The monoisotopic (exact) mass is 268 g/mol. The fourth-order valence-corrected chi connectivity index (χ4v) is 4.54. The van der Waals surface area contributed by atoms with Crippen molar-refractivity contribution in [3.05, 3.63) is 0 Å². The number of hydrogen-bond acceptors (Lipinski definition) is 3. The van der Waals surface area contributed by atoms with Crippen LogP contribution in [0.4, 0.5) is 0 Å². The molecule has 0 saturated heterocycles. The zero-order chi connectivity index (χ0) is 13.7. The second kappa shape index (κ2) is 7.05. The van der Waals surface area contributed by atoms with Gasteiger partial charge in [0.25, 0.3) is 0 Å². The minimum absolute atomic E-state index is 0.101. The Morgan fingerprint density at radius 3 is 2.37 bits per heavy atom. The molecular formula is C16H32N2O. The molecule has 0 heterocycles. The fourth-order valence-electron chi connectivity index (χ4n) is 4.54. The summed E-state index contributed by atoms with van der Waals surface area (Å²) < 4.78 is 5.85. The summed E-state index contributed by atoms with van der Waals surface area (Å²) >= 11 is 0. The lowest BCUT2D eigenvalue weighted by Gasteiger charge is -2.53. The first-order valence-corrected chi connectivity index (χ1v) is 8.28. The van der Waals surface area contributed by atoms with Crippen LogP contribution in [0.1, 0.15) is 64.7 Å². The van der Waals surface area contributed by atoms with Gasteiger partial charge in [0.15, 0.2) is 0 Å². The Bertz CT molecular complexity index is 265. The molecule has 0 spiro atoms. The fraction of sp³-hybridized carbons (Fsp3) is 1.00. The number of ether oxygens (including phenoxy) is 1. The van der Waals surface area contributed by atoms with Crippen molar-refractivity contribution in [1.82, 2.24) is 4.90 Å². The van der Waals surface area contributed by atoms with Crippen molar-refractivity contribution in [3.8, 4) is 0 Å². The van der Waals surface area contributed by atoms with Gasteiger partial charge in [0.1, 0.15) is 0 Å². The van der Waals surface area contributed by atoms with Crippen LogP contribution in [0.3, 0.4) is 0 Å². The van der Waals surface area contributed by atoms with Gasteiger partial charge in [-0.05, 0) is 32.2 Å². The zero-order valence-corrected chi connectivity index (χ0v) is 12.9. The van der Waals surface area contributed by atoms with Crippen molar-refractivity contribution < 1.29 is 4.74 Å². The van der Waals surface area contributed by atoms with E-state index in [4.69, 9.17) is 10.5 Å². The quantitative estimate of drug-likeness (QED) is 0.833. The number of methoxy groups -OCH3 is 1. The molecule has 2 aliphatic carbocycles. The van der Waals surface area contributed by atoms with E-state index in [9.17, 15) is 0 Å². The first kappa shape index (κ1) is 15.3. The highest BCUT2D eigenvalue weighted by Gasteiger charge is 2.46. The number of nitrogens with zero attached hydrogens (tertiary/aromatic N) is 1. The van der Waals surface area contributed by atoms with Gasteiger partial charge in [0, 0.05) is 19.7 Å². The molecule has 2 aliphatic rings. The molecular weight excluding hydrogens is 236 g/mol. The molecule has 19 heavy (non-hydrogen) atoms. The third-order valence-corrected chi connectivity index (χ3v) is 5.49. The van der Waals surface area contributed by atoms with E-state index in [-0.39, 0.29) is 5.54 Å². The predicted octanol–water partition coefficient (Wildman–Crippen LogP) is 2.93. The van der Waals surface area contributed by atoms with Crippen LogP contribution in [0.25, 0.3) is 0 Å². The lowest BCUT2D eigenvalue weighted by molar-refractivity contribution is -0.0945. The van der Waals surface area contributed by atoms with Crippen LogP contribution in [-0.4, -0.2) is 42.8 Å². The standard InChI is InChI=1S/C16H32N2O/c1-3-18(14-9-5-4-6-10-14)16(13-17)12-8-7-11-15(16)19-2/h14-15H,3-13,17H2,1-2H3. The van der Waals surface area contributed by atoms with E-state index in [1.54, 1.807) is 0 Å². The van der Waals surface area contributed by atoms with E-state index < -0.39 is 0 Å². The van der Waals surface area contributed by atoms with Gasteiger partial charge in [0.05, 0.1) is 11.6 Å². The smallest absolute Gasteiger partial charge is 0.0767 e. The van der Waals surface area contributed by atoms with E-state index in [1.807, 2.05) is 7.11 Å².